The number of nitrogens with one attached hydrogen (secondary N) is 1. The van der Waals surface area contributed by atoms with Gasteiger partial charge in [0.2, 0.25) is 5.95 Å². The van der Waals surface area contributed by atoms with E-state index in [2.05, 4.69) is 15.3 Å². The lowest BCUT2D eigenvalue weighted by molar-refractivity contribution is 0.585. The van der Waals surface area contributed by atoms with E-state index in [1.54, 1.807) is 19.2 Å². The fourth-order valence-electron chi connectivity index (χ4n) is 1.06. The Bertz CT molecular complexity index is 441. The molecule has 0 unspecified atom stereocenters. The van der Waals surface area contributed by atoms with Crippen molar-refractivity contribution in [1.82, 2.24) is 9.97 Å². The molecule has 14 heavy (non-hydrogen) atoms. The Morgan fingerprint density at radius 2 is 2.14 bits per heavy atom. The zero-order valence-electron chi connectivity index (χ0n) is 7.49. The number of hydrogen-bond donors (Lipinski definition) is 1. The summed E-state index contributed by atoms with van der Waals surface area (Å²) in [6.45, 7) is 0. The van der Waals surface area contributed by atoms with Gasteiger partial charge >= 0.3 is 0 Å². The molecule has 3 nitrogen and oxygen atoms in total. The highest BCUT2D eigenvalue weighted by Crippen LogP contribution is 2.22. The quantitative estimate of drug-likeness (QED) is 0.772. The number of aromatic nitrogens is 2. The summed E-state index contributed by atoms with van der Waals surface area (Å²) in [5.41, 5.74) is 1.25. The Morgan fingerprint density at radius 3 is 2.79 bits per heavy atom. The summed E-state index contributed by atoms with van der Waals surface area (Å²) < 4.78 is 12.8. The van der Waals surface area contributed by atoms with Crippen LogP contribution in [0.1, 0.15) is 0 Å². The first kappa shape index (κ1) is 9.08. The molecule has 2 aromatic rings. The molecule has 0 aliphatic carbocycles. The van der Waals surface area contributed by atoms with E-state index in [9.17, 15) is 4.39 Å². The van der Waals surface area contributed by atoms with Gasteiger partial charge in [0, 0.05) is 12.4 Å². The van der Waals surface area contributed by atoms with Crippen molar-refractivity contribution < 1.29 is 4.39 Å². The monoisotopic (exact) mass is 209 g/mol. The molecule has 0 bridgehead atoms. The number of nitrogens with zero attached hydrogens (tertiary/aromatic N) is 2. The number of thiazole rings is 1. The summed E-state index contributed by atoms with van der Waals surface area (Å²) in [6.07, 6.45) is 0. The van der Waals surface area contributed by atoms with Crippen molar-refractivity contribution >= 4 is 16.5 Å². The Kier molecular flexibility index (Phi) is 2.41. The van der Waals surface area contributed by atoms with Gasteiger partial charge in [-0.15, -0.1) is 11.3 Å². The molecule has 0 spiro atoms. The van der Waals surface area contributed by atoms with E-state index >= 15 is 0 Å². The normalized spacial score (nSPS) is 10.1. The maximum absolute atomic E-state index is 12.8. The number of anilines is 1. The first-order valence-electron chi connectivity index (χ1n) is 4.06. The number of pyridine rings is 1. The van der Waals surface area contributed by atoms with E-state index in [1.807, 2.05) is 5.38 Å². The molecule has 0 aliphatic heterocycles. The molecule has 0 amide bonds. The molecule has 0 aromatic carbocycles. The van der Waals surface area contributed by atoms with Gasteiger partial charge in [0.15, 0.2) is 5.13 Å². The van der Waals surface area contributed by atoms with E-state index in [4.69, 9.17) is 0 Å². The standard InChI is InChI=1S/C9H8FN3S/c1-11-9-13-7(5-14-9)6-3-2-4-8(10)12-6/h2-5H,1H3,(H,11,13). The fourth-order valence-corrected chi connectivity index (χ4v) is 1.72. The maximum Gasteiger partial charge on any atom is 0.213 e. The van der Waals surface area contributed by atoms with Crippen LogP contribution in [0, 0.1) is 5.95 Å². The Hall–Kier alpha value is -1.49. The van der Waals surface area contributed by atoms with Crippen molar-refractivity contribution in [3.63, 3.8) is 0 Å². The fraction of sp³-hybridized carbons (Fsp3) is 0.111. The highest BCUT2D eigenvalue weighted by atomic mass is 32.1. The highest BCUT2D eigenvalue weighted by Gasteiger charge is 2.04. The van der Waals surface area contributed by atoms with Crippen molar-refractivity contribution in [3.05, 3.63) is 29.5 Å². The van der Waals surface area contributed by atoms with E-state index in [0.29, 0.717) is 11.4 Å². The molecule has 5 heteroatoms. The maximum atomic E-state index is 12.8. The van der Waals surface area contributed by atoms with Crippen LogP contribution >= 0.6 is 11.3 Å². The second-order valence-corrected chi connectivity index (χ2v) is 3.49. The van der Waals surface area contributed by atoms with Crippen molar-refractivity contribution in [1.29, 1.82) is 0 Å². The van der Waals surface area contributed by atoms with Crippen LogP contribution in [-0.4, -0.2) is 17.0 Å². The van der Waals surface area contributed by atoms with E-state index in [0.717, 1.165) is 5.13 Å². The zero-order chi connectivity index (χ0) is 9.97. The average Bonchev–Trinajstić information content (AvgIpc) is 2.66. The van der Waals surface area contributed by atoms with Gasteiger partial charge in [0.1, 0.15) is 5.69 Å². The molecule has 2 rings (SSSR count). The molecular formula is C9H8FN3S. The minimum atomic E-state index is -0.485. The van der Waals surface area contributed by atoms with Gasteiger partial charge in [-0.2, -0.15) is 4.39 Å². The highest BCUT2D eigenvalue weighted by molar-refractivity contribution is 7.14. The number of halogens is 1. The Balaban J connectivity index is 2.39. The first-order valence-corrected chi connectivity index (χ1v) is 4.94. The van der Waals surface area contributed by atoms with Gasteiger partial charge < -0.3 is 5.32 Å². The molecule has 72 valence electrons. The van der Waals surface area contributed by atoms with Crippen LogP contribution in [-0.2, 0) is 0 Å². The van der Waals surface area contributed by atoms with Gasteiger partial charge in [0.05, 0.1) is 5.69 Å². The molecule has 2 heterocycles. The van der Waals surface area contributed by atoms with Crippen molar-refractivity contribution in [3.8, 4) is 11.4 Å². The van der Waals surface area contributed by atoms with E-state index in [1.165, 1.54) is 17.4 Å². The third-order valence-corrected chi connectivity index (χ3v) is 2.56. The zero-order valence-corrected chi connectivity index (χ0v) is 8.31. The Morgan fingerprint density at radius 1 is 1.29 bits per heavy atom. The van der Waals surface area contributed by atoms with Crippen LogP contribution in [0.5, 0.6) is 0 Å². The van der Waals surface area contributed by atoms with Crippen molar-refractivity contribution in [2.45, 2.75) is 0 Å². The summed E-state index contributed by atoms with van der Waals surface area (Å²) in [6, 6.07) is 4.67. The van der Waals surface area contributed by atoms with Crippen LogP contribution in [0.15, 0.2) is 23.6 Å². The smallest absolute Gasteiger partial charge is 0.213 e. The van der Waals surface area contributed by atoms with Crippen LogP contribution < -0.4 is 5.32 Å². The molecule has 0 aliphatic rings. The average molecular weight is 209 g/mol. The van der Waals surface area contributed by atoms with Crippen LogP contribution in [0.4, 0.5) is 9.52 Å². The van der Waals surface area contributed by atoms with Gasteiger partial charge in [-0.25, -0.2) is 9.97 Å². The molecule has 2 aromatic heterocycles. The van der Waals surface area contributed by atoms with Gasteiger partial charge in [-0.3, -0.25) is 0 Å². The molecular weight excluding hydrogens is 201 g/mol. The predicted molar refractivity (Wildman–Crippen MR) is 54.8 cm³/mol. The second-order valence-electron chi connectivity index (χ2n) is 2.63. The minimum absolute atomic E-state index is 0.485. The minimum Gasteiger partial charge on any atom is -0.365 e. The second kappa shape index (κ2) is 3.71. The van der Waals surface area contributed by atoms with Crippen molar-refractivity contribution in [2.75, 3.05) is 12.4 Å². The Labute approximate surface area is 84.6 Å². The molecule has 0 radical (unpaired) electrons. The van der Waals surface area contributed by atoms with Crippen LogP contribution in [0.2, 0.25) is 0 Å². The molecule has 0 saturated heterocycles. The summed E-state index contributed by atoms with van der Waals surface area (Å²) in [5, 5.41) is 5.56. The number of rotatable bonds is 2. The van der Waals surface area contributed by atoms with Gasteiger partial charge in [-0.1, -0.05) is 6.07 Å². The number of hydrogen-bond acceptors (Lipinski definition) is 4. The summed E-state index contributed by atoms with van der Waals surface area (Å²) >= 11 is 1.47. The molecule has 0 fully saturated rings. The lowest BCUT2D eigenvalue weighted by atomic mass is 10.3. The first-order chi connectivity index (χ1) is 6.79. The predicted octanol–water partition coefficient (Wildman–Crippen LogP) is 2.39. The van der Waals surface area contributed by atoms with E-state index in [-0.39, 0.29) is 0 Å². The largest absolute Gasteiger partial charge is 0.365 e. The van der Waals surface area contributed by atoms with Gasteiger partial charge in [-0.05, 0) is 12.1 Å². The third-order valence-electron chi connectivity index (χ3n) is 1.70. The topological polar surface area (TPSA) is 37.8 Å². The lowest BCUT2D eigenvalue weighted by Crippen LogP contribution is -1.89. The van der Waals surface area contributed by atoms with E-state index < -0.39 is 5.95 Å². The van der Waals surface area contributed by atoms with Crippen LogP contribution in [0.25, 0.3) is 11.4 Å². The van der Waals surface area contributed by atoms with Crippen LogP contribution in [0.3, 0.4) is 0 Å². The molecule has 0 saturated carbocycles. The van der Waals surface area contributed by atoms with Gasteiger partial charge in [0.25, 0.3) is 0 Å². The lowest BCUT2D eigenvalue weighted by Gasteiger charge is -1.94. The van der Waals surface area contributed by atoms with Crippen molar-refractivity contribution in [2.24, 2.45) is 0 Å². The molecule has 1 N–H and O–H groups in total. The summed E-state index contributed by atoms with van der Waals surface area (Å²) in [7, 11) is 1.79. The third kappa shape index (κ3) is 1.72. The SMILES string of the molecule is CNc1nc(-c2cccc(F)n2)cs1. The molecule has 0 atom stereocenters. The summed E-state index contributed by atoms with van der Waals surface area (Å²) in [5.74, 6) is -0.485. The summed E-state index contributed by atoms with van der Waals surface area (Å²) in [4.78, 5) is 7.96.